The minimum absolute atomic E-state index is 0.0354. The van der Waals surface area contributed by atoms with Gasteiger partial charge in [-0.1, -0.05) is 11.8 Å². The lowest BCUT2D eigenvalue weighted by Crippen LogP contribution is -2.38. The van der Waals surface area contributed by atoms with Gasteiger partial charge in [0.05, 0.1) is 16.4 Å². The van der Waals surface area contributed by atoms with Crippen molar-refractivity contribution in [1.82, 2.24) is 10.3 Å². The number of thioether (sulfide) groups is 1. The SMILES string of the molecule is Cc1cc(C(F)(F)F)c(C#N)c(SC(C)C(=O)NCC(F)(F)F)n1. The molecule has 0 spiro atoms. The summed E-state index contributed by atoms with van der Waals surface area (Å²) in [5, 5.41) is 9.05. The molecule has 0 aromatic carbocycles. The number of hydrogen-bond donors (Lipinski definition) is 1. The number of halogens is 6. The minimum atomic E-state index is -4.80. The molecule has 0 saturated heterocycles. The number of amides is 1. The second-order valence-corrected chi connectivity index (χ2v) is 6.02. The normalized spacial score (nSPS) is 13.3. The highest BCUT2D eigenvalue weighted by atomic mass is 32.2. The molecule has 1 heterocycles. The summed E-state index contributed by atoms with van der Waals surface area (Å²) in [6.07, 6.45) is -9.40. The highest BCUT2D eigenvalue weighted by molar-refractivity contribution is 8.00. The van der Waals surface area contributed by atoms with E-state index >= 15 is 0 Å². The maximum atomic E-state index is 13.0. The summed E-state index contributed by atoms with van der Waals surface area (Å²) in [7, 11) is 0. The number of carbonyl (C=O) groups is 1. The second-order valence-electron chi connectivity index (χ2n) is 4.69. The predicted molar refractivity (Wildman–Crippen MR) is 73.1 cm³/mol. The molecule has 1 N–H and O–H groups in total. The first kappa shape index (κ1) is 20.1. The molecule has 0 radical (unpaired) electrons. The van der Waals surface area contributed by atoms with Gasteiger partial charge in [0.1, 0.15) is 17.6 Å². The van der Waals surface area contributed by atoms with Crippen LogP contribution in [0.1, 0.15) is 23.7 Å². The summed E-state index contributed by atoms with van der Waals surface area (Å²) in [6, 6.07) is 2.07. The van der Waals surface area contributed by atoms with Crippen LogP contribution in [-0.2, 0) is 11.0 Å². The first-order valence-corrected chi connectivity index (χ1v) is 7.23. The second kappa shape index (κ2) is 7.29. The van der Waals surface area contributed by atoms with E-state index in [1.165, 1.54) is 19.9 Å². The van der Waals surface area contributed by atoms with Crippen LogP contribution in [0.2, 0.25) is 0 Å². The summed E-state index contributed by atoms with van der Waals surface area (Å²) in [6.45, 7) is 0.917. The molecule has 11 heteroatoms. The predicted octanol–water partition coefficient (Wildman–Crippen LogP) is 3.44. The quantitative estimate of drug-likeness (QED) is 0.651. The smallest absolute Gasteiger partial charge is 0.346 e. The summed E-state index contributed by atoms with van der Waals surface area (Å²) in [5.74, 6) is -1.03. The van der Waals surface area contributed by atoms with E-state index in [0.717, 1.165) is 0 Å². The number of rotatable bonds is 4. The van der Waals surface area contributed by atoms with Crippen molar-refractivity contribution in [2.75, 3.05) is 6.54 Å². The zero-order chi connectivity index (χ0) is 18.7. The molecule has 4 nitrogen and oxygen atoms in total. The van der Waals surface area contributed by atoms with Gasteiger partial charge in [0, 0.05) is 5.69 Å². The van der Waals surface area contributed by atoms with Gasteiger partial charge in [-0.3, -0.25) is 4.79 Å². The van der Waals surface area contributed by atoms with E-state index in [9.17, 15) is 31.1 Å². The first-order valence-electron chi connectivity index (χ1n) is 6.35. The summed E-state index contributed by atoms with van der Waals surface area (Å²) < 4.78 is 75.0. The van der Waals surface area contributed by atoms with Crippen LogP contribution in [0.5, 0.6) is 0 Å². The minimum Gasteiger partial charge on any atom is -0.346 e. The summed E-state index contributed by atoms with van der Waals surface area (Å²) in [4.78, 5) is 15.4. The van der Waals surface area contributed by atoms with Gasteiger partial charge >= 0.3 is 12.4 Å². The zero-order valence-corrected chi connectivity index (χ0v) is 13.2. The molecule has 1 amide bonds. The standard InChI is InChI=1S/C13H11F6N3OS/c1-6-3-9(13(17,18)19)8(4-20)11(22-6)24-7(2)10(23)21-5-12(14,15)16/h3,7H,5H2,1-2H3,(H,21,23). The maximum Gasteiger partial charge on any atom is 0.417 e. The van der Waals surface area contributed by atoms with E-state index in [-0.39, 0.29) is 10.7 Å². The van der Waals surface area contributed by atoms with Gasteiger partial charge in [0.25, 0.3) is 0 Å². The molecule has 1 rings (SSSR count). The Bertz CT molecular complexity index is 665. The Hall–Kier alpha value is -1.96. The van der Waals surface area contributed by atoms with Crippen LogP contribution < -0.4 is 5.32 Å². The fourth-order valence-corrected chi connectivity index (χ4v) is 2.61. The van der Waals surface area contributed by atoms with E-state index in [4.69, 9.17) is 5.26 Å². The topological polar surface area (TPSA) is 65.8 Å². The van der Waals surface area contributed by atoms with Crippen molar-refractivity contribution in [3.63, 3.8) is 0 Å². The van der Waals surface area contributed by atoms with Crippen LogP contribution in [0.4, 0.5) is 26.3 Å². The van der Waals surface area contributed by atoms with Gasteiger partial charge in [0.15, 0.2) is 0 Å². The van der Waals surface area contributed by atoms with Crippen LogP contribution in [0.15, 0.2) is 11.1 Å². The molecule has 0 saturated carbocycles. The van der Waals surface area contributed by atoms with Crippen molar-refractivity contribution in [2.45, 2.75) is 36.5 Å². The average molecular weight is 371 g/mol. The Labute approximate surface area is 137 Å². The van der Waals surface area contributed by atoms with E-state index in [0.29, 0.717) is 17.8 Å². The lowest BCUT2D eigenvalue weighted by atomic mass is 10.1. The van der Waals surface area contributed by atoms with E-state index in [2.05, 4.69) is 4.98 Å². The Morgan fingerprint density at radius 1 is 1.38 bits per heavy atom. The van der Waals surface area contributed by atoms with Crippen molar-refractivity contribution >= 4 is 17.7 Å². The van der Waals surface area contributed by atoms with E-state index in [1.54, 1.807) is 5.32 Å². The maximum absolute atomic E-state index is 13.0. The van der Waals surface area contributed by atoms with Gasteiger partial charge < -0.3 is 5.32 Å². The molecule has 0 aliphatic heterocycles. The van der Waals surface area contributed by atoms with Crippen LogP contribution >= 0.6 is 11.8 Å². The van der Waals surface area contributed by atoms with Crippen molar-refractivity contribution < 1.29 is 31.1 Å². The van der Waals surface area contributed by atoms with Crippen LogP contribution in [0.25, 0.3) is 0 Å². The molecule has 0 aliphatic rings. The molecule has 0 fully saturated rings. The number of nitrogens with zero attached hydrogens (tertiary/aromatic N) is 2. The Balaban J connectivity index is 3.05. The lowest BCUT2D eigenvalue weighted by molar-refractivity contribution is -0.138. The molecule has 1 aromatic heterocycles. The van der Waals surface area contributed by atoms with E-state index < -0.39 is 41.2 Å². The molecule has 0 bridgehead atoms. The van der Waals surface area contributed by atoms with Gasteiger partial charge in [-0.2, -0.15) is 31.6 Å². The fourth-order valence-electron chi connectivity index (χ4n) is 1.61. The third-order valence-corrected chi connectivity index (χ3v) is 3.74. The molecular formula is C13H11F6N3OS. The molecule has 1 unspecified atom stereocenters. The first-order chi connectivity index (χ1) is 10.8. The fraction of sp³-hybridized carbons (Fsp3) is 0.462. The number of alkyl halides is 6. The van der Waals surface area contributed by atoms with Crippen LogP contribution in [-0.4, -0.2) is 28.9 Å². The number of hydrogen-bond acceptors (Lipinski definition) is 4. The zero-order valence-electron chi connectivity index (χ0n) is 12.3. The van der Waals surface area contributed by atoms with Crippen molar-refractivity contribution in [3.05, 3.63) is 22.9 Å². The molecule has 24 heavy (non-hydrogen) atoms. The number of aryl methyl sites for hydroxylation is 1. The highest BCUT2D eigenvalue weighted by Crippen LogP contribution is 2.36. The molecule has 1 atom stereocenters. The summed E-state index contributed by atoms with van der Waals surface area (Å²) >= 11 is 0.485. The molecule has 132 valence electrons. The number of pyridine rings is 1. The van der Waals surface area contributed by atoms with Crippen LogP contribution in [0, 0.1) is 18.3 Å². The third kappa shape index (κ3) is 5.59. The molecule has 0 aliphatic carbocycles. The summed E-state index contributed by atoms with van der Waals surface area (Å²) in [5.41, 5.74) is -2.01. The van der Waals surface area contributed by atoms with Crippen LogP contribution in [0.3, 0.4) is 0 Å². The largest absolute Gasteiger partial charge is 0.417 e. The van der Waals surface area contributed by atoms with Crippen molar-refractivity contribution in [3.8, 4) is 6.07 Å². The number of nitrogens with one attached hydrogen (secondary N) is 1. The monoisotopic (exact) mass is 371 g/mol. The lowest BCUT2D eigenvalue weighted by Gasteiger charge is -2.16. The number of nitriles is 1. The Kier molecular flexibility index (Phi) is 6.10. The van der Waals surface area contributed by atoms with Crippen molar-refractivity contribution in [1.29, 1.82) is 5.26 Å². The molecule has 1 aromatic rings. The number of aromatic nitrogens is 1. The van der Waals surface area contributed by atoms with Gasteiger partial charge in [0.2, 0.25) is 5.91 Å². The van der Waals surface area contributed by atoms with Gasteiger partial charge in [-0.25, -0.2) is 4.98 Å². The van der Waals surface area contributed by atoms with Gasteiger partial charge in [-0.15, -0.1) is 0 Å². The molecular weight excluding hydrogens is 360 g/mol. The van der Waals surface area contributed by atoms with Gasteiger partial charge in [-0.05, 0) is 19.9 Å². The number of carbonyl (C=O) groups excluding carboxylic acids is 1. The highest BCUT2D eigenvalue weighted by Gasteiger charge is 2.36. The van der Waals surface area contributed by atoms with E-state index in [1.807, 2.05) is 0 Å². The third-order valence-electron chi connectivity index (χ3n) is 2.65. The Morgan fingerprint density at radius 3 is 2.42 bits per heavy atom. The average Bonchev–Trinajstić information content (AvgIpc) is 2.42. The Morgan fingerprint density at radius 2 is 1.96 bits per heavy atom. The van der Waals surface area contributed by atoms with Crippen molar-refractivity contribution in [2.24, 2.45) is 0 Å².